The second-order valence-electron chi connectivity index (χ2n) is 8.83. The zero-order chi connectivity index (χ0) is 27.4. The summed E-state index contributed by atoms with van der Waals surface area (Å²) in [4.78, 5) is 28.0. The van der Waals surface area contributed by atoms with Crippen LogP contribution in [0.25, 0.3) is 0 Å². The second-order valence-corrected chi connectivity index (χ2v) is 11.1. The number of nitrogens with one attached hydrogen (secondary N) is 1. The van der Waals surface area contributed by atoms with Crippen molar-refractivity contribution in [1.29, 1.82) is 0 Å². The predicted octanol–water partition coefficient (Wildman–Crippen LogP) is 4.62. The zero-order valence-electron chi connectivity index (χ0n) is 22.1. The van der Waals surface area contributed by atoms with Crippen LogP contribution in [0.5, 0.6) is 5.75 Å². The van der Waals surface area contributed by atoms with E-state index in [2.05, 4.69) is 5.32 Å². The van der Waals surface area contributed by atoms with E-state index >= 15 is 0 Å². The molecule has 0 unspecified atom stereocenters. The molecule has 2 aromatic carbocycles. The first-order valence-electron chi connectivity index (χ1n) is 12.5. The Labute approximate surface area is 226 Å². The number of hydrogen-bond acceptors (Lipinski definition) is 5. The highest BCUT2D eigenvalue weighted by molar-refractivity contribution is 7.92. The van der Waals surface area contributed by atoms with Crippen LogP contribution < -0.4 is 14.4 Å². The topological polar surface area (TPSA) is 96.0 Å². The summed E-state index contributed by atoms with van der Waals surface area (Å²) in [5.41, 5.74) is 1.31. The minimum atomic E-state index is -3.62. The third kappa shape index (κ3) is 9.23. The Morgan fingerprint density at radius 1 is 1.08 bits per heavy atom. The van der Waals surface area contributed by atoms with E-state index in [9.17, 15) is 18.0 Å². The number of methoxy groups -OCH3 is 1. The monoisotopic (exact) mass is 551 g/mol. The summed E-state index contributed by atoms with van der Waals surface area (Å²) >= 11 is 6.21. The van der Waals surface area contributed by atoms with Gasteiger partial charge < -0.3 is 15.0 Å². The van der Waals surface area contributed by atoms with Crippen molar-refractivity contribution >= 4 is 39.1 Å². The van der Waals surface area contributed by atoms with Gasteiger partial charge >= 0.3 is 0 Å². The SMILES string of the molecule is CCCCNC(=O)[C@@H](CC)N(Cc1ccccc1)C(=O)CCCN(c1ccc(OC)c(Cl)c1)S(C)(=O)=O. The van der Waals surface area contributed by atoms with Crippen LogP contribution in [0.4, 0.5) is 5.69 Å². The number of rotatable bonds is 15. The molecule has 0 heterocycles. The Hall–Kier alpha value is -2.78. The summed E-state index contributed by atoms with van der Waals surface area (Å²) in [7, 11) is -2.14. The largest absolute Gasteiger partial charge is 0.495 e. The normalized spacial score (nSPS) is 12.0. The second kappa shape index (κ2) is 14.8. The Bertz CT molecular complexity index is 1130. The van der Waals surface area contributed by atoms with Gasteiger partial charge in [-0.2, -0.15) is 0 Å². The molecule has 0 aliphatic rings. The minimum absolute atomic E-state index is 0.0848. The van der Waals surface area contributed by atoms with Gasteiger partial charge in [-0.3, -0.25) is 13.9 Å². The van der Waals surface area contributed by atoms with E-state index in [1.54, 1.807) is 17.0 Å². The van der Waals surface area contributed by atoms with E-state index in [1.807, 2.05) is 44.2 Å². The lowest BCUT2D eigenvalue weighted by Gasteiger charge is -2.31. The summed E-state index contributed by atoms with van der Waals surface area (Å²) in [6, 6.07) is 13.6. The number of anilines is 1. The molecule has 1 N–H and O–H groups in total. The number of hydrogen-bond donors (Lipinski definition) is 1. The van der Waals surface area contributed by atoms with Gasteiger partial charge in [0.05, 0.1) is 24.1 Å². The third-order valence-electron chi connectivity index (χ3n) is 5.99. The number of carbonyl (C=O) groups is 2. The van der Waals surface area contributed by atoms with Gasteiger partial charge in [-0.25, -0.2) is 8.42 Å². The fraction of sp³-hybridized carbons (Fsp3) is 0.481. The molecule has 1 atom stereocenters. The number of halogens is 1. The van der Waals surface area contributed by atoms with Gasteiger partial charge in [-0.15, -0.1) is 0 Å². The Morgan fingerprint density at radius 3 is 2.35 bits per heavy atom. The number of unbranched alkanes of at least 4 members (excludes halogenated alkanes) is 1. The molecule has 0 spiro atoms. The molecule has 0 aromatic heterocycles. The van der Waals surface area contributed by atoms with Crippen LogP contribution in [-0.4, -0.2) is 57.6 Å². The Morgan fingerprint density at radius 2 is 1.78 bits per heavy atom. The quantitative estimate of drug-likeness (QED) is 0.326. The number of carbonyl (C=O) groups excluding carboxylic acids is 2. The van der Waals surface area contributed by atoms with Crippen molar-refractivity contribution in [2.24, 2.45) is 0 Å². The van der Waals surface area contributed by atoms with Gasteiger partial charge in [0.25, 0.3) is 0 Å². The lowest BCUT2D eigenvalue weighted by atomic mass is 10.1. The number of sulfonamides is 1. The number of benzene rings is 2. The molecule has 0 fully saturated rings. The molecule has 0 bridgehead atoms. The first-order valence-corrected chi connectivity index (χ1v) is 14.8. The Kier molecular flexibility index (Phi) is 12.2. The average Bonchev–Trinajstić information content (AvgIpc) is 2.86. The fourth-order valence-electron chi connectivity index (χ4n) is 4.02. The summed E-state index contributed by atoms with van der Waals surface area (Å²) in [6.07, 6.45) is 3.76. The molecule has 0 aliphatic heterocycles. The summed E-state index contributed by atoms with van der Waals surface area (Å²) in [5, 5.41) is 3.23. The highest BCUT2D eigenvalue weighted by Gasteiger charge is 2.28. The van der Waals surface area contributed by atoms with Gasteiger partial charge in [0.1, 0.15) is 11.8 Å². The van der Waals surface area contributed by atoms with Crippen LogP contribution in [0, 0.1) is 0 Å². The van der Waals surface area contributed by atoms with Crippen molar-refractivity contribution in [2.75, 3.05) is 30.8 Å². The number of amides is 2. The van der Waals surface area contributed by atoms with Crippen molar-refractivity contribution < 1.29 is 22.7 Å². The van der Waals surface area contributed by atoms with E-state index < -0.39 is 16.1 Å². The van der Waals surface area contributed by atoms with Crippen molar-refractivity contribution in [3.8, 4) is 5.75 Å². The van der Waals surface area contributed by atoms with Crippen LogP contribution in [0.1, 0.15) is 51.5 Å². The molecular weight excluding hydrogens is 514 g/mol. The lowest BCUT2D eigenvalue weighted by Crippen LogP contribution is -2.49. The summed E-state index contributed by atoms with van der Waals surface area (Å²) in [6.45, 7) is 4.88. The summed E-state index contributed by atoms with van der Waals surface area (Å²) in [5.74, 6) is 0.0573. The van der Waals surface area contributed by atoms with E-state index in [0.29, 0.717) is 36.0 Å². The van der Waals surface area contributed by atoms with E-state index in [0.717, 1.165) is 24.7 Å². The smallest absolute Gasteiger partial charge is 0.242 e. The minimum Gasteiger partial charge on any atom is -0.495 e. The molecule has 37 heavy (non-hydrogen) atoms. The zero-order valence-corrected chi connectivity index (χ0v) is 23.6. The molecule has 204 valence electrons. The molecule has 8 nitrogen and oxygen atoms in total. The standard InChI is InChI=1S/C27H38ClN3O5S/c1-5-7-17-29-27(33)24(6-2)30(20-21-12-9-8-10-13-21)26(32)14-11-18-31(37(4,34)35)22-15-16-25(36-3)23(28)19-22/h8-10,12-13,15-16,19,24H,5-7,11,14,17-18,20H2,1-4H3,(H,29,33)/t24-/m1/s1. The molecule has 2 aromatic rings. The van der Waals surface area contributed by atoms with Crippen molar-refractivity contribution in [1.82, 2.24) is 10.2 Å². The van der Waals surface area contributed by atoms with Gasteiger partial charge in [0.2, 0.25) is 21.8 Å². The molecule has 0 radical (unpaired) electrons. The van der Waals surface area contributed by atoms with Crippen LogP contribution in [0.2, 0.25) is 5.02 Å². The predicted molar refractivity (Wildman–Crippen MR) is 148 cm³/mol. The van der Waals surface area contributed by atoms with Gasteiger partial charge in [-0.05, 0) is 43.0 Å². The third-order valence-corrected chi connectivity index (χ3v) is 7.48. The Balaban J connectivity index is 2.19. The van der Waals surface area contributed by atoms with Crippen molar-refractivity contribution in [3.63, 3.8) is 0 Å². The number of ether oxygens (including phenoxy) is 1. The fourth-order valence-corrected chi connectivity index (χ4v) is 5.23. The van der Waals surface area contributed by atoms with Crippen molar-refractivity contribution in [2.45, 2.75) is 58.5 Å². The summed E-state index contributed by atoms with van der Waals surface area (Å²) < 4.78 is 31.4. The maximum atomic E-state index is 13.4. The van der Waals surface area contributed by atoms with Gasteiger partial charge in [-0.1, -0.05) is 62.2 Å². The van der Waals surface area contributed by atoms with Gasteiger partial charge in [0, 0.05) is 26.1 Å². The molecule has 2 rings (SSSR count). The molecule has 0 saturated carbocycles. The van der Waals surface area contributed by atoms with Gasteiger partial charge in [0.15, 0.2) is 0 Å². The van der Waals surface area contributed by atoms with Crippen LogP contribution in [0.3, 0.4) is 0 Å². The van der Waals surface area contributed by atoms with E-state index in [-0.39, 0.29) is 31.2 Å². The van der Waals surface area contributed by atoms with E-state index in [1.165, 1.54) is 17.5 Å². The van der Waals surface area contributed by atoms with Crippen LogP contribution in [0.15, 0.2) is 48.5 Å². The van der Waals surface area contributed by atoms with Crippen molar-refractivity contribution in [3.05, 3.63) is 59.1 Å². The highest BCUT2D eigenvalue weighted by atomic mass is 35.5. The first kappa shape index (κ1) is 30.4. The maximum absolute atomic E-state index is 13.4. The average molecular weight is 552 g/mol. The molecular formula is C27H38ClN3O5S. The van der Waals surface area contributed by atoms with Crippen LogP contribution in [-0.2, 0) is 26.2 Å². The molecule has 2 amide bonds. The maximum Gasteiger partial charge on any atom is 0.242 e. The molecule has 0 aliphatic carbocycles. The van der Waals surface area contributed by atoms with Crippen LogP contribution >= 0.6 is 11.6 Å². The molecule has 0 saturated heterocycles. The first-order chi connectivity index (χ1) is 17.6. The molecule has 10 heteroatoms. The number of nitrogens with zero attached hydrogens (tertiary/aromatic N) is 2. The van der Waals surface area contributed by atoms with E-state index in [4.69, 9.17) is 16.3 Å². The lowest BCUT2D eigenvalue weighted by molar-refractivity contribution is -0.141. The highest BCUT2D eigenvalue weighted by Crippen LogP contribution is 2.30.